The molecule has 1 aromatic carbocycles. The summed E-state index contributed by atoms with van der Waals surface area (Å²) < 4.78 is 16.5. The topological polar surface area (TPSA) is 102 Å². The van der Waals surface area contributed by atoms with Crippen molar-refractivity contribution >= 4 is 63.5 Å². The van der Waals surface area contributed by atoms with Crippen LogP contribution in [0.25, 0.3) is 6.08 Å². The van der Waals surface area contributed by atoms with Crippen LogP contribution in [0.1, 0.15) is 31.7 Å². The Bertz CT molecular complexity index is 976. The number of nitrogens with zero attached hydrogens (tertiary/aromatic N) is 2. The van der Waals surface area contributed by atoms with E-state index in [1.165, 1.54) is 7.11 Å². The number of carbonyl (C=O) groups excluding carboxylic acids is 4. The molecule has 0 aromatic heterocycles. The summed E-state index contributed by atoms with van der Waals surface area (Å²) in [6.45, 7) is 2.99. The molecule has 2 saturated heterocycles. The first-order valence-electron chi connectivity index (χ1n) is 10.5. The van der Waals surface area contributed by atoms with Crippen LogP contribution in [0.3, 0.4) is 0 Å². The summed E-state index contributed by atoms with van der Waals surface area (Å²) in [6, 6.07) is 3.42. The van der Waals surface area contributed by atoms with Gasteiger partial charge in [0.25, 0.3) is 11.1 Å². The predicted molar refractivity (Wildman–Crippen MR) is 131 cm³/mol. The Balaban J connectivity index is 1.77. The van der Waals surface area contributed by atoms with Crippen LogP contribution in [0.2, 0.25) is 0 Å². The average Bonchev–Trinajstić information content (AvgIpc) is 3.06. The molecule has 2 aliphatic rings. The quantitative estimate of drug-likeness (QED) is 0.259. The van der Waals surface area contributed by atoms with E-state index in [-0.39, 0.29) is 24.0 Å². The average molecular weight is 588 g/mol. The fourth-order valence-electron chi connectivity index (χ4n) is 3.43. The molecule has 2 heterocycles. The van der Waals surface area contributed by atoms with Gasteiger partial charge in [-0.2, -0.15) is 0 Å². The normalized spacial score (nSPS) is 17.5. The number of rotatable bonds is 8. The van der Waals surface area contributed by atoms with Gasteiger partial charge in [0.2, 0.25) is 5.91 Å². The van der Waals surface area contributed by atoms with Gasteiger partial charge in [-0.1, -0.05) is 0 Å². The van der Waals surface area contributed by atoms with E-state index >= 15 is 0 Å². The summed E-state index contributed by atoms with van der Waals surface area (Å²) in [5.41, 5.74) is 0.626. The molecule has 1 aromatic rings. The largest absolute Gasteiger partial charge is 0.490 e. The first kappa shape index (κ1) is 25.3. The lowest BCUT2D eigenvalue weighted by atomic mass is 10.1. The number of hydrogen-bond acceptors (Lipinski definition) is 8. The minimum atomic E-state index is -0.523. The van der Waals surface area contributed by atoms with Gasteiger partial charge in [-0.05, 0) is 84.3 Å². The van der Waals surface area contributed by atoms with E-state index in [1.807, 2.05) is 29.5 Å². The van der Waals surface area contributed by atoms with Gasteiger partial charge >= 0.3 is 5.97 Å². The highest BCUT2D eigenvalue weighted by atomic mass is 127. The first-order chi connectivity index (χ1) is 15.8. The highest BCUT2D eigenvalue weighted by molar-refractivity contribution is 14.1. The summed E-state index contributed by atoms with van der Waals surface area (Å²) in [5, 5.41) is -0.464. The van der Waals surface area contributed by atoms with Crippen molar-refractivity contribution in [3.63, 3.8) is 0 Å². The maximum Gasteiger partial charge on any atom is 0.343 e. The molecule has 0 spiro atoms. The molecule has 0 radical (unpaired) electrons. The second-order valence-corrected chi connectivity index (χ2v) is 9.49. The van der Waals surface area contributed by atoms with Gasteiger partial charge < -0.3 is 19.1 Å². The monoisotopic (exact) mass is 588 g/mol. The fraction of sp³-hybridized carbons (Fsp3) is 0.455. The zero-order valence-corrected chi connectivity index (χ0v) is 21.4. The van der Waals surface area contributed by atoms with Gasteiger partial charge in [-0.15, -0.1) is 0 Å². The number of benzene rings is 1. The van der Waals surface area contributed by atoms with Crippen molar-refractivity contribution in [2.45, 2.75) is 26.2 Å². The Morgan fingerprint density at radius 1 is 1.15 bits per heavy atom. The smallest absolute Gasteiger partial charge is 0.343 e. The Labute approximate surface area is 209 Å². The molecule has 178 valence electrons. The van der Waals surface area contributed by atoms with Crippen molar-refractivity contribution in [3.8, 4) is 11.5 Å². The van der Waals surface area contributed by atoms with Gasteiger partial charge in [-0.25, -0.2) is 4.79 Å². The molecule has 3 rings (SSSR count). The van der Waals surface area contributed by atoms with Gasteiger partial charge in [0.05, 0.1) is 22.2 Å². The Morgan fingerprint density at radius 3 is 2.55 bits per heavy atom. The predicted octanol–water partition coefficient (Wildman–Crippen LogP) is 3.29. The number of halogens is 1. The van der Waals surface area contributed by atoms with Gasteiger partial charge in [0.15, 0.2) is 18.1 Å². The third-order valence-corrected chi connectivity index (χ3v) is 6.78. The number of piperidine rings is 1. The second-order valence-electron chi connectivity index (χ2n) is 7.34. The van der Waals surface area contributed by atoms with E-state index < -0.39 is 17.1 Å². The molecule has 2 aliphatic heterocycles. The Hall–Kier alpha value is -2.28. The summed E-state index contributed by atoms with van der Waals surface area (Å²) in [7, 11) is 1.27. The van der Waals surface area contributed by atoms with Gasteiger partial charge in [-0.3, -0.25) is 19.3 Å². The summed E-state index contributed by atoms with van der Waals surface area (Å²) in [6.07, 6.45) is 4.55. The number of ether oxygens (including phenoxy) is 3. The molecule has 0 atom stereocenters. The second kappa shape index (κ2) is 11.7. The van der Waals surface area contributed by atoms with Crippen molar-refractivity contribution in [1.29, 1.82) is 0 Å². The molecule has 11 heteroatoms. The van der Waals surface area contributed by atoms with Crippen molar-refractivity contribution in [1.82, 2.24) is 9.80 Å². The molecular weight excluding hydrogens is 563 g/mol. The van der Waals surface area contributed by atoms with E-state index in [9.17, 15) is 19.2 Å². The van der Waals surface area contributed by atoms with Crippen molar-refractivity contribution in [2.75, 3.05) is 40.0 Å². The molecule has 0 unspecified atom stereocenters. The molecule has 0 saturated carbocycles. The van der Waals surface area contributed by atoms with Crippen LogP contribution >= 0.6 is 34.4 Å². The number of methoxy groups -OCH3 is 1. The third-order valence-electron chi connectivity index (χ3n) is 5.07. The van der Waals surface area contributed by atoms with E-state index in [1.54, 1.807) is 23.1 Å². The number of likely N-dealkylation sites (tertiary alicyclic amines) is 1. The summed E-state index contributed by atoms with van der Waals surface area (Å²) in [4.78, 5) is 52.2. The van der Waals surface area contributed by atoms with Crippen LogP contribution in [0.4, 0.5) is 4.79 Å². The molecule has 0 aliphatic carbocycles. The fourth-order valence-corrected chi connectivity index (χ4v) is 5.05. The van der Waals surface area contributed by atoms with Crippen LogP contribution in [-0.2, 0) is 19.1 Å². The van der Waals surface area contributed by atoms with Gasteiger partial charge in [0.1, 0.15) is 6.54 Å². The lowest BCUT2D eigenvalue weighted by Gasteiger charge is -2.27. The first-order valence-corrected chi connectivity index (χ1v) is 12.4. The van der Waals surface area contributed by atoms with Crippen LogP contribution < -0.4 is 9.47 Å². The number of imide groups is 1. The maximum absolute atomic E-state index is 12.8. The number of thioether (sulfide) groups is 1. The van der Waals surface area contributed by atoms with E-state index in [0.717, 1.165) is 35.9 Å². The summed E-state index contributed by atoms with van der Waals surface area (Å²) in [5.74, 6) is -0.433. The third kappa shape index (κ3) is 6.40. The van der Waals surface area contributed by atoms with E-state index in [4.69, 9.17) is 9.47 Å². The van der Waals surface area contributed by atoms with Crippen molar-refractivity contribution < 1.29 is 33.4 Å². The number of carbonyl (C=O) groups is 4. The highest BCUT2D eigenvalue weighted by Gasteiger charge is 2.37. The number of esters is 1. The van der Waals surface area contributed by atoms with E-state index in [0.29, 0.717) is 40.3 Å². The van der Waals surface area contributed by atoms with Crippen LogP contribution in [0.5, 0.6) is 11.5 Å². The zero-order valence-electron chi connectivity index (χ0n) is 18.4. The molecule has 0 bridgehead atoms. The molecule has 33 heavy (non-hydrogen) atoms. The maximum atomic E-state index is 12.8. The van der Waals surface area contributed by atoms with Crippen LogP contribution in [0, 0.1) is 3.57 Å². The Morgan fingerprint density at radius 2 is 1.88 bits per heavy atom. The minimum Gasteiger partial charge on any atom is -0.490 e. The number of amides is 3. The molecule has 3 amide bonds. The minimum absolute atomic E-state index is 0.210. The molecular formula is C22H25IN2O7S. The Kier molecular flexibility index (Phi) is 9.01. The van der Waals surface area contributed by atoms with Crippen LogP contribution in [0.15, 0.2) is 17.0 Å². The van der Waals surface area contributed by atoms with Crippen molar-refractivity contribution in [2.24, 2.45) is 0 Å². The standard InChI is InChI=1S/C22H25IN2O7S/c1-3-31-16-10-14(9-15(23)20(16)32-13-19(27)30-2)11-17-21(28)25(22(29)33-17)12-18(26)24-7-5-4-6-8-24/h9-11H,3-8,12-13H2,1-2H3/b17-11-. The van der Waals surface area contributed by atoms with E-state index in [2.05, 4.69) is 4.74 Å². The van der Waals surface area contributed by atoms with Crippen molar-refractivity contribution in [3.05, 3.63) is 26.2 Å². The lowest BCUT2D eigenvalue weighted by molar-refractivity contribution is -0.143. The number of hydrogen-bond donors (Lipinski definition) is 0. The lowest BCUT2D eigenvalue weighted by Crippen LogP contribution is -2.44. The molecule has 0 N–H and O–H groups in total. The SMILES string of the molecule is CCOc1cc(/C=C2\SC(=O)N(CC(=O)N3CCCCC3)C2=O)cc(I)c1OCC(=O)OC. The van der Waals surface area contributed by atoms with Crippen LogP contribution in [-0.4, -0.2) is 72.8 Å². The summed E-state index contributed by atoms with van der Waals surface area (Å²) >= 11 is 2.85. The van der Waals surface area contributed by atoms with Gasteiger partial charge in [0, 0.05) is 13.1 Å². The zero-order chi connectivity index (χ0) is 24.0. The highest BCUT2D eigenvalue weighted by Crippen LogP contribution is 2.37. The molecule has 2 fully saturated rings. The molecule has 9 nitrogen and oxygen atoms in total.